The molecule has 37 heavy (non-hydrogen) atoms. The number of aromatic nitrogens is 3. The summed E-state index contributed by atoms with van der Waals surface area (Å²) in [6.45, 7) is 3.02. The van der Waals surface area contributed by atoms with E-state index in [1.807, 2.05) is 72.2 Å². The second-order valence-electron chi connectivity index (χ2n) is 8.77. The summed E-state index contributed by atoms with van der Waals surface area (Å²) in [7, 11) is -3.58. The van der Waals surface area contributed by atoms with Crippen molar-refractivity contribution in [3.63, 3.8) is 0 Å². The Balaban J connectivity index is 1.45. The summed E-state index contributed by atoms with van der Waals surface area (Å²) in [5.41, 5.74) is 3.21. The van der Waals surface area contributed by atoms with Gasteiger partial charge < -0.3 is 5.32 Å². The molecule has 10 heteroatoms. The van der Waals surface area contributed by atoms with Gasteiger partial charge in [-0.25, -0.2) is 8.42 Å². The van der Waals surface area contributed by atoms with Crippen LogP contribution in [0.25, 0.3) is 17.1 Å². The van der Waals surface area contributed by atoms with Crippen LogP contribution < -0.4 is 5.32 Å². The van der Waals surface area contributed by atoms with Crippen LogP contribution >= 0.6 is 11.8 Å². The highest BCUT2D eigenvalue weighted by atomic mass is 32.2. The Morgan fingerprint density at radius 2 is 1.68 bits per heavy atom. The first-order valence-corrected chi connectivity index (χ1v) is 14.5. The van der Waals surface area contributed by atoms with E-state index in [9.17, 15) is 13.2 Å². The van der Waals surface area contributed by atoms with Crippen LogP contribution in [0.3, 0.4) is 0 Å². The number of nitrogens with one attached hydrogen (secondary N) is 1. The molecule has 0 bridgehead atoms. The van der Waals surface area contributed by atoms with Crippen LogP contribution in [-0.4, -0.2) is 52.2 Å². The Morgan fingerprint density at radius 1 is 0.946 bits per heavy atom. The van der Waals surface area contributed by atoms with Crippen LogP contribution in [0.2, 0.25) is 0 Å². The normalized spacial score (nSPS) is 14.1. The van der Waals surface area contributed by atoms with Gasteiger partial charge >= 0.3 is 0 Å². The molecule has 1 aliphatic heterocycles. The predicted molar refractivity (Wildman–Crippen MR) is 145 cm³/mol. The van der Waals surface area contributed by atoms with Crippen LogP contribution in [0.1, 0.15) is 18.4 Å². The fourth-order valence-electron chi connectivity index (χ4n) is 4.26. The van der Waals surface area contributed by atoms with Crippen molar-refractivity contribution >= 4 is 33.4 Å². The molecular weight excluding hydrogens is 506 g/mol. The van der Waals surface area contributed by atoms with Crippen LogP contribution in [0.4, 0.5) is 5.69 Å². The Morgan fingerprint density at radius 3 is 2.43 bits per heavy atom. The summed E-state index contributed by atoms with van der Waals surface area (Å²) < 4.78 is 29.7. The lowest BCUT2D eigenvalue weighted by Crippen LogP contribution is -2.27. The fraction of sp³-hybridized carbons (Fsp3) is 0.222. The highest BCUT2D eigenvalue weighted by Crippen LogP contribution is 2.30. The third-order valence-electron chi connectivity index (χ3n) is 6.19. The quantitative estimate of drug-likeness (QED) is 0.328. The highest BCUT2D eigenvalue weighted by molar-refractivity contribution is 7.99. The minimum atomic E-state index is -3.58. The van der Waals surface area contributed by atoms with E-state index < -0.39 is 10.0 Å². The number of carbonyl (C=O) groups is 1. The van der Waals surface area contributed by atoms with E-state index in [1.165, 1.54) is 16.1 Å². The minimum Gasteiger partial charge on any atom is -0.325 e. The zero-order valence-corrected chi connectivity index (χ0v) is 22.0. The van der Waals surface area contributed by atoms with Crippen LogP contribution in [0.15, 0.2) is 88.9 Å². The number of hydrogen-bond acceptors (Lipinski definition) is 6. The predicted octanol–water partition coefficient (Wildman–Crippen LogP) is 4.76. The Bertz CT molecular complexity index is 1510. The van der Waals surface area contributed by atoms with Gasteiger partial charge in [0.15, 0.2) is 11.0 Å². The zero-order valence-electron chi connectivity index (χ0n) is 20.4. The Labute approximate surface area is 220 Å². The fourth-order valence-corrected chi connectivity index (χ4v) is 6.58. The van der Waals surface area contributed by atoms with E-state index in [0.717, 1.165) is 29.8 Å². The average molecular weight is 534 g/mol. The van der Waals surface area contributed by atoms with Crippen molar-refractivity contribution < 1.29 is 13.2 Å². The largest absolute Gasteiger partial charge is 0.325 e. The van der Waals surface area contributed by atoms with Gasteiger partial charge in [0.05, 0.1) is 10.6 Å². The number of rotatable bonds is 8. The molecule has 1 aromatic heterocycles. The van der Waals surface area contributed by atoms with Crippen LogP contribution in [0, 0.1) is 6.92 Å². The molecule has 1 saturated heterocycles. The summed E-state index contributed by atoms with van der Waals surface area (Å²) in [5, 5.41) is 12.3. The van der Waals surface area contributed by atoms with E-state index in [0.29, 0.717) is 29.6 Å². The van der Waals surface area contributed by atoms with E-state index in [1.54, 1.807) is 18.2 Å². The van der Waals surface area contributed by atoms with Gasteiger partial charge in [-0.05, 0) is 55.7 Å². The molecule has 1 aliphatic rings. The number of carbonyl (C=O) groups excluding carboxylic acids is 1. The van der Waals surface area contributed by atoms with Crippen LogP contribution in [0.5, 0.6) is 0 Å². The number of hydrogen-bond donors (Lipinski definition) is 1. The number of para-hydroxylation sites is 2. The molecule has 1 N–H and O–H groups in total. The summed E-state index contributed by atoms with van der Waals surface area (Å²) in [6, 6.07) is 24.0. The van der Waals surface area contributed by atoms with Gasteiger partial charge in [-0.15, -0.1) is 10.2 Å². The summed E-state index contributed by atoms with van der Waals surface area (Å²) >= 11 is 1.27. The SMILES string of the molecule is Cc1ccccc1NC(=O)CSc1nnc(-c2cccc(S(=O)(=O)N3CCCC3)c2)n1-c1ccccc1. The molecule has 0 spiro atoms. The molecular formula is C27H27N5O3S2. The lowest BCUT2D eigenvalue weighted by Gasteiger charge is -2.16. The summed E-state index contributed by atoms with van der Waals surface area (Å²) in [6.07, 6.45) is 1.75. The van der Waals surface area contributed by atoms with Gasteiger partial charge in [-0.3, -0.25) is 9.36 Å². The maximum atomic E-state index is 13.2. The van der Waals surface area contributed by atoms with Crippen molar-refractivity contribution in [2.45, 2.75) is 29.8 Å². The number of sulfonamides is 1. The van der Waals surface area contributed by atoms with Gasteiger partial charge in [-0.1, -0.05) is 60.3 Å². The van der Waals surface area contributed by atoms with Crippen molar-refractivity contribution in [3.8, 4) is 17.1 Å². The Hall–Kier alpha value is -3.47. The van der Waals surface area contributed by atoms with Crippen molar-refractivity contribution in [1.82, 2.24) is 19.1 Å². The lowest BCUT2D eigenvalue weighted by atomic mass is 10.2. The first-order chi connectivity index (χ1) is 17.9. The van der Waals surface area contributed by atoms with Crippen molar-refractivity contribution in [2.75, 3.05) is 24.2 Å². The molecule has 2 heterocycles. The minimum absolute atomic E-state index is 0.142. The second-order valence-corrected chi connectivity index (χ2v) is 11.6. The van der Waals surface area contributed by atoms with Gasteiger partial charge in [-0.2, -0.15) is 4.31 Å². The maximum absolute atomic E-state index is 13.2. The van der Waals surface area contributed by atoms with Crippen molar-refractivity contribution in [3.05, 3.63) is 84.4 Å². The Kier molecular flexibility index (Phi) is 7.40. The molecule has 3 aromatic carbocycles. The summed E-state index contributed by atoms with van der Waals surface area (Å²) in [4.78, 5) is 12.9. The lowest BCUT2D eigenvalue weighted by molar-refractivity contribution is -0.113. The third-order valence-corrected chi connectivity index (χ3v) is 9.02. The van der Waals surface area contributed by atoms with E-state index in [4.69, 9.17) is 0 Å². The first-order valence-electron chi connectivity index (χ1n) is 12.0. The molecule has 0 atom stereocenters. The average Bonchev–Trinajstić information content (AvgIpc) is 3.61. The number of anilines is 1. The van der Waals surface area contributed by atoms with Crippen molar-refractivity contribution in [2.24, 2.45) is 0 Å². The van der Waals surface area contributed by atoms with Crippen molar-refractivity contribution in [1.29, 1.82) is 0 Å². The van der Waals surface area contributed by atoms with Gasteiger partial charge in [0.2, 0.25) is 15.9 Å². The molecule has 0 radical (unpaired) electrons. The molecule has 8 nitrogen and oxygen atoms in total. The standard InChI is InChI=1S/C27H27N5O3S2/c1-20-10-5-6-15-24(20)28-25(33)19-36-27-30-29-26(32(27)22-12-3-2-4-13-22)21-11-9-14-23(18-21)37(34,35)31-16-7-8-17-31/h2-6,9-15,18H,7-8,16-17,19H2,1H3,(H,28,33). The first kappa shape index (κ1) is 25.2. The monoisotopic (exact) mass is 533 g/mol. The van der Waals surface area contributed by atoms with Gasteiger partial charge in [0.25, 0.3) is 0 Å². The molecule has 0 unspecified atom stereocenters. The molecule has 190 valence electrons. The van der Waals surface area contributed by atoms with Crippen LogP contribution in [-0.2, 0) is 14.8 Å². The maximum Gasteiger partial charge on any atom is 0.243 e. The molecule has 1 amide bonds. The number of nitrogens with zero attached hydrogens (tertiary/aromatic N) is 4. The summed E-state index contributed by atoms with van der Waals surface area (Å²) in [5.74, 6) is 0.497. The molecule has 0 aliphatic carbocycles. The second kappa shape index (κ2) is 10.9. The molecule has 1 fully saturated rings. The molecule has 5 rings (SSSR count). The molecule has 0 saturated carbocycles. The van der Waals surface area contributed by atoms with E-state index in [-0.39, 0.29) is 16.6 Å². The molecule has 4 aromatic rings. The highest BCUT2D eigenvalue weighted by Gasteiger charge is 2.28. The van der Waals surface area contributed by atoms with Gasteiger partial charge in [0.1, 0.15) is 0 Å². The third kappa shape index (κ3) is 5.46. The number of benzene rings is 3. The smallest absolute Gasteiger partial charge is 0.243 e. The number of aryl methyl sites for hydroxylation is 1. The van der Waals surface area contributed by atoms with E-state index >= 15 is 0 Å². The zero-order chi connectivity index (χ0) is 25.8. The number of amides is 1. The number of thioether (sulfide) groups is 1. The van der Waals surface area contributed by atoms with E-state index in [2.05, 4.69) is 15.5 Å². The topological polar surface area (TPSA) is 97.2 Å². The van der Waals surface area contributed by atoms with Gasteiger partial charge in [0, 0.05) is 30.0 Å².